The van der Waals surface area contributed by atoms with Gasteiger partial charge in [-0.2, -0.15) is 13.2 Å². The summed E-state index contributed by atoms with van der Waals surface area (Å²) in [6.45, 7) is 2.64. The van der Waals surface area contributed by atoms with Crippen LogP contribution in [0.25, 0.3) is 5.95 Å². The number of rotatable bonds is 6. The molecule has 11 heteroatoms. The van der Waals surface area contributed by atoms with Crippen molar-refractivity contribution in [1.29, 1.82) is 0 Å². The number of ether oxygens (including phenoxy) is 1. The third kappa shape index (κ3) is 4.28. The van der Waals surface area contributed by atoms with Crippen LogP contribution >= 0.6 is 0 Å². The SMILES string of the molecule is Cc1c([C@@H](O)CNCc2cnc(-n3cnc(C(F)(F)F)c3)nc2)ccc2c1COC2=O. The van der Waals surface area contributed by atoms with Gasteiger partial charge < -0.3 is 15.2 Å². The molecule has 4 rings (SSSR count). The molecule has 0 radical (unpaired) electrons. The maximum Gasteiger partial charge on any atom is 0.434 e. The standard InChI is InChI=1S/C20H18F3N5O3/c1-11-13(2-3-14-15(11)9-31-18(14)30)16(29)7-24-4-12-5-25-19(26-6-12)28-8-17(27-10-28)20(21,22)23/h2-3,5-6,8,10,16,24,29H,4,7,9H2,1H3/t16-/m0/s1. The molecule has 0 amide bonds. The van der Waals surface area contributed by atoms with Crippen molar-refractivity contribution < 1.29 is 27.8 Å². The second-order valence-corrected chi connectivity index (χ2v) is 7.08. The van der Waals surface area contributed by atoms with Gasteiger partial charge in [0.2, 0.25) is 5.95 Å². The van der Waals surface area contributed by atoms with Crippen LogP contribution < -0.4 is 5.32 Å². The number of aliphatic hydroxyl groups is 1. The Balaban J connectivity index is 1.35. The zero-order chi connectivity index (χ0) is 22.2. The van der Waals surface area contributed by atoms with Crippen molar-refractivity contribution in [2.24, 2.45) is 0 Å². The maximum absolute atomic E-state index is 12.6. The predicted octanol–water partition coefficient (Wildman–Crippen LogP) is 2.48. The number of aromatic nitrogens is 4. The maximum atomic E-state index is 12.6. The number of carbonyl (C=O) groups excluding carboxylic acids is 1. The monoisotopic (exact) mass is 433 g/mol. The number of esters is 1. The summed E-state index contributed by atoms with van der Waals surface area (Å²) in [6, 6.07) is 3.37. The molecule has 1 aliphatic heterocycles. The fraction of sp³-hybridized carbons (Fsp3) is 0.300. The average Bonchev–Trinajstić information content (AvgIpc) is 3.37. The molecule has 3 aromatic rings. The number of carbonyl (C=O) groups is 1. The third-order valence-corrected chi connectivity index (χ3v) is 5.03. The number of alkyl halides is 3. The summed E-state index contributed by atoms with van der Waals surface area (Å²) in [5.74, 6) is -0.289. The minimum absolute atomic E-state index is 0.0670. The smallest absolute Gasteiger partial charge is 0.434 e. The normalized spacial score (nSPS) is 14.4. The van der Waals surface area contributed by atoms with Crippen molar-refractivity contribution >= 4 is 5.97 Å². The van der Waals surface area contributed by atoms with E-state index in [0.29, 0.717) is 23.2 Å². The average molecular weight is 433 g/mol. The van der Waals surface area contributed by atoms with E-state index in [2.05, 4.69) is 20.3 Å². The number of cyclic esters (lactones) is 1. The molecule has 0 unspecified atom stereocenters. The van der Waals surface area contributed by atoms with E-state index >= 15 is 0 Å². The highest BCUT2D eigenvalue weighted by atomic mass is 19.4. The summed E-state index contributed by atoms with van der Waals surface area (Å²) >= 11 is 0. The van der Waals surface area contributed by atoms with Gasteiger partial charge in [-0.05, 0) is 24.1 Å². The molecule has 3 heterocycles. The molecular formula is C20H18F3N5O3. The summed E-state index contributed by atoms with van der Waals surface area (Å²) < 4.78 is 44.1. The molecule has 2 N–H and O–H groups in total. The molecule has 0 bridgehead atoms. The second-order valence-electron chi connectivity index (χ2n) is 7.08. The van der Waals surface area contributed by atoms with Gasteiger partial charge in [-0.3, -0.25) is 4.57 Å². The summed E-state index contributed by atoms with van der Waals surface area (Å²) in [5.41, 5.74) is 2.52. The number of nitrogens with zero attached hydrogens (tertiary/aromatic N) is 4. The topological polar surface area (TPSA) is 102 Å². The van der Waals surface area contributed by atoms with E-state index in [-0.39, 0.29) is 25.1 Å². The van der Waals surface area contributed by atoms with E-state index in [1.54, 1.807) is 12.1 Å². The summed E-state index contributed by atoms with van der Waals surface area (Å²) in [5, 5.41) is 13.6. The van der Waals surface area contributed by atoms with E-state index in [9.17, 15) is 23.1 Å². The van der Waals surface area contributed by atoms with Gasteiger partial charge in [-0.25, -0.2) is 19.7 Å². The van der Waals surface area contributed by atoms with Crippen LogP contribution in [0.2, 0.25) is 0 Å². The van der Waals surface area contributed by atoms with Crippen molar-refractivity contribution in [3.8, 4) is 5.95 Å². The van der Waals surface area contributed by atoms with Gasteiger partial charge >= 0.3 is 12.1 Å². The first-order chi connectivity index (χ1) is 14.7. The predicted molar refractivity (Wildman–Crippen MR) is 101 cm³/mol. The Morgan fingerprint density at radius 2 is 2.00 bits per heavy atom. The molecule has 31 heavy (non-hydrogen) atoms. The highest BCUT2D eigenvalue weighted by Crippen LogP contribution is 2.29. The van der Waals surface area contributed by atoms with Gasteiger partial charge in [0, 0.05) is 42.8 Å². The van der Waals surface area contributed by atoms with Crippen LogP contribution in [0.15, 0.2) is 37.1 Å². The Bertz CT molecular complexity index is 1110. The van der Waals surface area contributed by atoms with Crippen LogP contribution in [0.1, 0.15) is 44.4 Å². The molecule has 0 fully saturated rings. The van der Waals surface area contributed by atoms with E-state index in [1.807, 2.05) is 6.92 Å². The largest absolute Gasteiger partial charge is 0.457 e. The Hall–Kier alpha value is -3.31. The van der Waals surface area contributed by atoms with Crippen molar-refractivity contribution in [2.75, 3.05) is 6.54 Å². The second kappa shape index (κ2) is 8.08. The van der Waals surface area contributed by atoms with E-state index in [0.717, 1.165) is 28.2 Å². The lowest BCUT2D eigenvalue weighted by molar-refractivity contribution is -0.140. The van der Waals surface area contributed by atoms with Crippen LogP contribution in [-0.2, 0) is 24.1 Å². The quantitative estimate of drug-likeness (QED) is 0.576. The molecule has 1 atom stereocenters. The third-order valence-electron chi connectivity index (χ3n) is 5.03. The fourth-order valence-electron chi connectivity index (χ4n) is 3.34. The Morgan fingerprint density at radius 3 is 2.68 bits per heavy atom. The molecule has 1 aliphatic rings. The lowest BCUT2D eigenvalue weighted by Crippen LogP contribution is -2.22. The lowest BCUT2D eigenvalue weighted by Gasteiger charge is -2.16. The van der Waals surface area contributed by atoms with Crippen molar-refractivity contribution in [3.63, 3.8) is 0 Å². The zero-order valence-corrected chi connectivity index (χ0v) is 16.3. The molecule has 8 nitrogen and oxygen atoms in total. The summed E-state index contributed by atoms with van der Waals surface area (Å²) in [4.78, 5) is 23.0. The first-order valence-corrected chi connectivity index (χ1v) is 9.35. The Morgan fingerprint density at radius 1 is 1.26 bits per heavy atom. The minimum Gasteiger partial charge on any atom is -0.457 e. The number of benzene rings is 1. The van der Waals surface area contributed by atoms with Gasteiger partial charge in [0.15, 0.2) is 5.69 Å². The number of imidazole rings is 1. The molecule has 0 spiro atoms. The zero-order valence-electron chi connectivity index (χ0n) is 16.3. The molecule has 2 aromatic heterocycles. The number of aliphatic hydroxyl groups excluding tert-OH is 1. The van der Waals surface area contributed by atoms with E-state index in [4.69, 9.17) is 4.74 Å². The van der Waals surface area contributed by atoms with Crippen LogP contribution in [0.4, 0.5) is 13.2 Å². The van der Waals surface area contributed by atoms with Crippen molar-refractivity contribution in [1.82, 2.24) is 24.8 Å². The molecule has 0 aliphatic carbocycles. The number of halogens is 3. The van der Waals surface area contributed by atoms with Gasteiger partial charge in [0.1, 0.15) is 12.9 Å². The number of fused-ring (bicyclic) bond motifs is 1. The van der Waals surface area contributed by atoms with Gasteiger partial charge in [-0.15, -0.1) is 0 Å². The first-order valence-electron chi connectivity index (χ1n) is 9.35. The van der Waals surface area contributed by atoms with E-state index in [1.165, 1.54) is 12.4 Å². The van der Waals surface area contributed by atoms with E-state index < -0.39 is 18.0 Å². The first kappa shape index (κ1) is 20.9. The molecule has 0 saturated carbocycles. The summed E-state index contributed by atoms with van der Waals surface area (Å²) in [7, 11) is 0. The molecule has 0 saturated heterocycles. The highest BCUT2D eigenvalue weighted by molar-refractivity contribution is 5.93. The fourth-order valence-corrected chi connectivity index (χ4v) is 3.34. The van der Waals surface area contributed by atoms with Crippen LogP contribution in [0, 0.1) is 6.92 Å². The minimum atomic E-state index is -4.53. The van der Waals surface area contributed by atoms with Crippen molar-refractivity contribution in [2.45, 2.75) is 32.4 Å². The van der Waals surface area contributed by atoms with Crippen LogP contribution in [-0.4, -0.2) is 37.1 Å². The number of hydrogen-bond acceptors (Lipinski definition) is 7. The molecule has 1 aromatic carbocycles. The number of hydrogen-bond donors (Lipinski definition) is 2. The highest BCUT2D eigenvalue weighted by Gasteiger charge is 2.33. The molecular weight excluding hydrogens is 415 g/mol. The lowest BCUT2D eigenvalue weighted by atomic mass is 9.95. The van der Waals surface area contributed by atoms with Crippen LogP contribution in [0.3, 0.4) is 0 Å². The molecule has 162 valence electrons. The Labute approximate surface area is 174 Å². The Kier molecular flexibility index (Phi) is 5.46. The van der Waals surface area contributed by atoms with Crippen molar-refractivity contribution in [3.05, 3.63) is 70.6 Å². The van der Waals surface area contributed by atoms with Gasteiger partial charge in [0.05, 0.1) is 11.7 Å². The van der Waals surface area contributed by atoms with Gasteiger partial charge in [0.25, 0.3) is 0 Å². The van der Waals surface area contributed by atoms with Crippen LogP contribution in [0.5, 0.6) is 0 Å². The summed E-state index contributed by atoms with van der Waals surface area (Å²) in [6.07, 6.45) is -0.536. The number of nitrogens with one attached hydrogen (secondary N) is 1. The van der Waals surface area contributed by atoms with Gasteiger partial charge in [-0.1, -0.05) is 6.07 Å².